The van der Waals surface area contributed by atoms with Gasteiger partial charge in [-0.05, 0) is 42.6 Å². The van der Waals surface area contributed by atoms with Gasteiger partial charge in [-0.1, -0.05) is 0 Å². The fourth-order valence-corrected chi connectivity index (χ4v) is 3.35. The van der Waals surface area contributed by atoms with Gasteiger partial charge in [0.2, 0.25) is 11.8 Å². The summed E-state index contributed by atoms with van der Waals surface area (Å²) in [5, 5.41) is 5.81. The number of anilines is 2. The Morgan fingerprint density at radius 2 is 1.96 bits per heavy atom. The average molecular weight is 369 g/mol. The molecule has 0 bridgehead atoms. The lowest BCUT2D eigenvalue weighted by atomic mass is 10.2. The smallest absolute Gasteiger partial charge is 0.248 e. The third-order valence-corrected chi connectivity index (χ3v) is 4.80. The first-order chi connectivity index (χ1) is 12.6. The number of primary amides is 1. The van der Waals surface area contributed by atoms with Gasteiger partial charge < -0.3 is 16.0 Å². The molecule has 0 spiro atoms. The van der Waals surface area contributed by atoms with Crippen LogP contribution in [0.5, 0.6) is 0 Å². The summed E-state index contributed by atoms with van der Waals surface area (Å²) in [7, 11) is 0. The highest BCUT2D eigenvalue weighted by atomic mass is 32.1. The highest BCUT2D eigenvalue weighted by Crippen LogP contribution is 2.26. The Morgan fingerprint density at radius 3 is 2.65 bits per heavy atom. The van der Waals surface area contributed by atoms with E-state index in [2.05, 4.69) is 20.2 Å². The molecule has 3 N–H and O–H groups in total. The number of amides is 2. The summed E-state index contributed by atoms with van der Waals surface area (Å²) < 4.78 is 0. The van der Waals surface area contributed by atoms with Gasteiger partial charge in [0.15, 0.2) is 0 Å². The van der Waals surface area contributed by atoms with Crippen molar-refractivity contribution in [2.45, 2.75) is 13.3 Å². The SMILES string of the molecule is CCN(CCC(=O)Nc1ccc(C(N)=O)cc1)c1ncnc2sccc12. The standard InChI is InChI=1S/C18H19N5O2S/c1-2-23(17-14-8-10-26-18(14)21-11-20-17)9-7-15(24)22-13-5-3-12(4-6-13)16(19)25/h3-6,8,10-11H,2,7,9H2,1H3,(H2,19,25)(H,22,24). The van der Waals surface area contributed by atoms with Crippen LogP contribution in [0.4, 0.5) is 11.5 Å². The Bertz CT molecular complexity index is 923. The third kappa shape index (κ3) is 3.97. The topological polar surface area (TPSA) is 101 Å². The molecule has 2 aromatic heterocycles. The molecule has 1 aromatic carbocycles. The van der Waals surface area contributed by atoms with Crippen LogP contribution in [0.25, 0.3) is 10.2 Å². The number of carbonyl (C=O) groups is 2. The van der Waals surface area contributed by atoms with E-state index in [1.165, 1.54) is 0 Å². The fraction of sp³-hybridized carbons (Fsp3) is 0.222. The lowest BCUT2D eigenvalue weighted by Crippen LogP contribution is -2.28. The van der Waals surface area contributed by atoms with Gasteiger partial charge in [-0.15, -0.1) is 11.3 Å². The first-order valence-corrected chi connectivity index (χ1v) is 9.09. The van der Waals surface area contributed by atoms with Crippen LogP contribution in [-0.2, 0) is 4.79 Å². The number of nitrogens with two attached hydrogens (primary N) is 1. The van der Waals surface area contributed by atoms with Crippen molar-refractivity contribution in [3.8, 4) is 0 Å². The summed E-state index contributed by atoms with van der Waals surface area (Å²) >= 11 is 1.57. The molecule has 0 unspecified atom stereocenters. The molecule has 0 aliphatic carbocycles. The normalized spacial score (nSPS) is 10.7. The summed E-state index contributed by atoms with van der Waals surface area (Å²) in [6, 6.07) is 8.50. The molecular formula is C18H19N5O2S. The number of rotatable bonds is 7. The number of hydrogen-bond donors (Lipinski definition) is 2. The number of benzene rings is 1. The molecule has 2 amide bonds. The minimum Gasteiger partial charge on any atom is -0.366 e. The van der Waals surface area contributed by atoms with Crippen LogP contribution in [0.3, 0.4) is 0 Å². The van der Waals surface area contributed by atoms with E-state index >= 15 is 0 Å². The number of fused-ring (bicyclic) bond motifs is 1. The van der Waals surface area contributed by atoms with Gasteiger partial charge in [0, 0.05) is 30.8 Å². The van der Waals surface area contributed by atoms with Crippen LogP contribution >= 0.6 is 11.3 Å². The molecule has 26 heavy (non-hydrogen) atoms. The Hall–Kier alpha value is -3.00. The van der Waals surface area contributed by atoms with Gasteiger partial charge in [-0.3, -0.25) is 9.59 Å². The molecule has 7 nitrogen and oxygen atoms in total. The summed E-state index contributed by atoms with van der Waals surface area (Å²) in [5.41, 5.74) is 6.24. The minimum atomic E-state index is -0.494. The maximum Gasteiger partial charge on any atom is 0.248 e. The number of thiophene rings is 1. The van der Waals surface area contributed by atoms with Gasteiger partial charge in [0.25, 0.3) is 0 Å². The van der Waals surface area contributed by atoms with E-state index in [-0.39, 0.29) is 5.91 Å². The second kappa shape index (κ2) is 7.92. The molecule has 0 saturated carbocycles. The van der Waals surface area contributed by atoms with Crippen molar-refractivity contribution in [1.82, 2.24) is 9.97 Å². The Labute approximate surface area is 154 Å². The van der Waals surface area contributed by atoms with E-state index in [1.54, 1.807) is 41.9 Å². The predicted octanol–water partition coefficient (Wildman–Crippen LogP) is 2.65. The maximum absolute atomic E-state index is 12.2. The van der Waals surface area contributed by atoms with Gasteiger partial charge in [-0.2, -0.15) is 0 Å². The maximum atomic E-state index is 12.2. The summed E-state index contributed by atoms with van der Waals surface area (Å²) in [6.07, 6.45) is 1.87. The lowest BCUT2D eigenvalue weighted by Gasteiger charge is -2.22. The van der Waals surface area contributed by atoms with Crippen molar-refractivity contribution in [3.05, 3.63) is 47.6 Å². The molecule has 2 heterocycles. The van der Waals surface area contributed by atoms with E-state index < -0.39 is 5.91 Å². The van der Waals surface area contributed by atoms with Crippen LogP contribution in [0.15, 0.2) is 42.0 Å². The van der Waals surface area contributed by atoms with Crippen molar-refractivity contribution in [2.24, 2.45) is 5.73 Å². The van der Waals surface area contributed by atoms with Gasteiger partial charge in [0.1, 0.15) is 17.0 Å². The van der Waals surface area contributed by atoms with Crippen molar-refractivity contribution >= 4 is 44.9 Å². The second-order valence-corrected chi connectivity index (χ2v) is 6.55. The Balaban J connectivity index is 1.62. The molecule has 134 valence electrons. The predicted molar refractivity (Wildman–Crippen MR) is 104 cm³/mol. The van der Waals surface area contributed by atoms with Crippen LogP contribution in [0.1, 0.15) is 23.7 Å². The van der Waals surface area contributed by atoms with E-state index in [1.807, 2.05) is 18.4 Å². The van der Waals surface area contributed by atoms with Crippen molar-refractivity contribution in [1.29, 1.82) is 0 Å². The number of aromatic nitrogens is 2. The fourth-order valence-electron chi connectivity index (χ4n) is 2.62. The first kappa shape index (κ1) is 17.8. The number of hydrogen-bond acceptors (Lipinski definition) is 6. The third-order valence-electron chi connectivity index (χ3n) is 3.98. The quantitative estimate of drug-likeness (QED) is 0.667. The zero-order valence-corrected chi connectivity index (χ0v) is 15.1. The molecule has 8 heteroatoms. The zero-order chi connectivity index (χ0) is 18.5. The molecule has 0 fully saturated rings. The lowest BCUT2D eigenvalue weighted by molar-refractivity contribution is -0.116. The van der Waals surface area contributed by atoms with Crippen molar-refractivity contribution < 1.29 is 9.59 Å². The molecule has 0 aliphatic rings. The van der Waals surface area contributed by atoms with Crippen molar-refractivity contribution in [2.75, 3.05) is 23.3 Å². The number of nitrogens with one attached hydrogen (secondary N) is 1. The monoisotopic (exact) mass is 369 g/mol. The van der Waals surface area contributed by atoms with E-state index in [4.69, 9.17) is 5.73 Å². The zero-order valence-electron chi connectivity index (χ0n) is 14.3. The van der Waals surface area contributed by atoms with Gasteiger partial charge in [-0.25, -0.2) is 9.97 Å². The summed E-state index contributed by atoms with van der Waals surface area (Å²) in [6.45, 7) is 3.31. The molecular weight excluding hydrogens is 350 g/mol. The van der Waals surface area contributed by atoms with Crippen LogP contribution in [-0.4, -0.2) is 34.9 Å². The van der Waals surface area contributed by atoms with Gasteiger partial charge >= 0.3 is 0 Å². The average Bonchev–Trinajstić information content (AvgIpc) is 3.12. The van der Waals surface area contributed by atoms with Crippen LogP contribution in [0.2, 0.25) is 0 Å². The molecule has 0 aliphatic heterocycles. The van der Waals surface area contributed by atoms with Crippen LogP contribution < -0.4 is 16.0 Å². The highest BCUT2D eigenvalue weighted by Gasteiger charge is 2.13. The largest absolute Gasteiger partial charge is 0.366 e. The van der Waals surface area contributed by atoms with Gasteiger partial charge in [0.05, 0.1) is 5.39 Å². The van der Waals surface area contributed by atoms with Crippen molar-refractivity contribution in [3.63, 3.8) is 0 Å². The molecule has 0 atom stereocenters. The first-order valence-electron chi connectivity index (χ1n) is 8.21. The second-order valence-electron chi connectivity index (χ2n) is 5.66. The minimum absolute atomic E-state index is 0.106. The highest BCUT2D eigenvalue weighted by molar-refractivity contribution is 7.16. The van der Waals surface area contributed by atoms with Crippen LogP contribution in [0, 0.1) is 0 Å². The summed E-state index contributed by atoms with van der Waals surface area (Å²) in [4.78, 5) is 35.0. The number of nitrogens with zero attached hydrogens (tertiary/aromatic N) is 3. The molecule has 0 radical (unpaired) electrons. The molecule has 3 aromatic rings. The summed E-state index contributed by atoms with van der Waals surface area (Å²) in [5.74, 6) is 0.245. The van der Waals surface area contributed by atoms with E-state index in [0.29, 0.717) is 24.2 Å². The molecule has 3 rings (SSSR count). The molecule has 0 saturated heterocycles. The Morgan fingerprint density at radius 1 is 1.19 bits per heavy atom. The Kier molecular flexibility index (Phi) is 5.43. The number of carbonyl (C=O) groups excluding carboxylic acids is 2. The van der Waals surface area contributed by atoms with E-state index in [9.17, 15) is 9.59 Å². The van der Waals surface area contributed by atoms with E-state index in [0.717, 1.165) is 22.6 Å².